The van der Waals surface area contributed by atoms with E-state index in [1.54, 1.807) is 0 Å². The highest BCUT2D eigenvalue weighted by Crippen LogP contribution is 2.35. The highest BCUT2D eigenvalue weighted by atomic mass is 31.2. The highest BCUT2D eigenvalue weighted by Gasteiger charge is 2.11. The topological polar surface area (TPSA) is 57.5 Å². The van der Waals surface area contributed by atoms with Crippen molar-refractivity contribution < 1.29 is 18.7 Å². The van der Waals surface area contributed by atoms with Crippen molar-refractivity contribution in [1.29, 1.82) is 0 Å². The Morgan fingerprint density at radius 2 is 1.00 bits per heavy atom. The maximum absolute atomic E-state index is 13.8. The van der Waals surface area contributed by atoms with E-state index in [9.17, 15) is 8.96 Å². The van der Waals surface area contributed by atoms with E-state index in [0.717, 1.165) is 32.1 Å². The summed E-state index contributed by atoms with van der Waals surface area (Å²) in [5.74, 6) is 0. The molecule has 0 saturated heterocycles. The number of halogens is 1. The summed E-state index contributed by atoms with van der Waals surface area (Å²) in [7, 11) is -3.83. The van der Waals surface area contributed by atoms with Crippen molar-refractivity contribution >= 4 is 7.60 Å². The minimum absolute atomic E-state index is 0.0163. The van der Waals surface area contributed by atoms with Crippen LogP contribution in [0.15, 0.2) is 0 Å². The molecule has 0 aliphatic carbocycles. The van der Waals surface area contributed by atoms with E-state index >= 15 is 0 Å². The van der Waals surface area contributed by atoms with Crippen LogP contribution in [0.25, 0.3) is 0 Å². The molecule has 2 N–H and O–H groups in total. The first kappa shape index (κ1) is 26.1. The van der Waals surface area contributed by atoms with Gasteiger partial charge in [-0.2, -0.15) is 0 Å². The van der Waals surface area contributed by atoms with Crippen LogP contribution in [0.4, 0.5) is 4.39 Å². The van der Waals surface area contributed by atoms with Gasteiger partial charge >= 0.3 is 7.60 Å². The lowest BCUT2D eigenvalue weighted by Gasteiger charge is -2.08. The predicted molar refractivity (Wildman–Crippen MR) is 111 cm³/mol. The third-order valence-corrected chi connectivity index (χ3v) is 5.99. The molecule has 0 aromatic heterocycles. The fourth-order valence-electron chi connectivity index (χ4n) is 3.39. The Labute approximate surface area is 161 Å². The minimum Gasteiger partial charge on any atom is -0.324 e. The first-order valence-corrected chi connectivity index (χ1v) is 12.9. The number of hydrogen-bond donors (Lipinski definition) is 2. The average molecular weight is 395 g/mol. The fourth-order valence-corrected chi connectivity index (χ4v) is 4.02. The number of hydrogen-bond acceptors (Lipinski definition) is 1. The second-order valence-electron chi connectivity index (χ2n) is 7.87. The summed E-state index contributed by atoms with van der Waals surface area (Å²) in [4.78, 5) is 17.5. The Hall–Kier alpha value is 0.0800. The normalized spacial score (nSPS) is 13.2. The van der Waals surface area contributed by atoms with E-state index in [4.69, 9.17) is 9.79 Å². The first-order valence-electron chi connectivity index (χ1n) is 11.1. The van der Waals surface area contributed by atoms with Gasteiger partial charge in [-0.25, -0.2) is 4.39 Å². The van der Waals surface area contributed by atoms with Crippen LogP contribution in [0, 0.1) is 0 Å². The Morgan fingerprint density at radius 3 is 1.38 bits per heavy atom. The molecule has 0 heterocycles. The van der Waals surface area contributed by atoms with Crippen LogP contribution in [-0.4, -0.2) is 22.1 Å². The standard InChI is InChI=1S/C21H44FO3P/c1-2-3-4-5-6-7-8-9-10-12-15-18-21(22)19-16-13-11-14-17-20-26(23,24)25/h21H,2-20H2,1H3,(H2,23,24,25). The molecule has 26 heavy (non-hydrogen) atoms. The molecule has 0 rings (SSSR count). The van der Waals surface area contributed by atoms with Gasteiger partial charge < -0.3 is 9.79 Å². The molecular formula is C21H44FO3P. The molecule has 0 spiro atoms. The van der Waals surface area contributed by atoms with Crippen molar-refractivity contribution in [2.45, 2.75) is 129 Å². The van der Waals surface area contributed by atoms with Crippen LogP contribution in [-0.2, 0) is 4.57 Å². The van der Waals surface area contributed by atoms with Gasteiger partial charge in [-0.15, -0.1) is 0 Å². The molecule has 0 aliphatic rings. The largest absolute Gasteiger partial charge is 0.325 e. The predicted octanol–water partition coefficient (Wildman–Crippen LogP) is 7.54. The van der Waals surface area contributed by atoms with E-state index in [1.165, 1.54) is 64.2 Å². The smallest absolute Gasteiger partial charge is 0.324 e. The number of unbranched alkanes of at least 4 members (excludes halogenated alkanes) is 14. The van der Waals surface area contributed by atoms with Crippen molar-refractivity contribution in [1.82, 2.24) is 0 Å². The van der Waals surface area contributed by atoms with Crippen LogP contribution in [0.5, 0.6) is 0 Å². The van der Waals surface area contributed by atoms with Gasteiger partial charge in [0.2, 0.25) is 0 Å². The van der Waals surface area contributed by atoms with Crippen LogP contribution < -0.4 is 0 Å². The summed E-state index contributed by atoms with van der Waals surface area (Å²) in [5.41, 5.74) is 0. The van der Waals surface area contributed by atoms with E-state index in [0.29, 0.717) is 19.3 Å². The van der Waals surface area contributed by atoms with E-state index in [-0.39, 0.29) is 6.16 Å². The number of alkyl halides is 1. The minimum atomic E-state index is -3.83. The molecule has 1 atom stereocenters. The summed E-state index contributed by atoms with van der Waals surface area (Å²) < 4.78 is 24.5. The molecule has 3 nitrogen and oxygen atoms in total. The molecule has 0 aliphatic heterocycles. The Kier molecular flexibility index (Phi) is 18.5. The molecule has 0 amide bonds. The molecule has 0 bridgehead atoms. The van der Waals surface area contributed by atoms with Crippen LogP contribution in [0.3, 0.4) is 0 Å². The maximum atomic E-state index is 13.8. The zero-order chi connectivity index (χ0) is 19.5. The Balaban J connectivity index is 3.20. The maximum Gasteiger partial charge on any atom is 0.325 e. The second kappa shape index (κ2) is 18.4. The number of rotatable bonds is 20. The Morgan fingerprint density at radius 1 is 0.654 bits per heavy atom. The third-order valence-electron chi connectivity index (χ3n) is 5.09. The van der Waals surface area contributed by atoms with Gasteiger partial charge in [0.1, 0.15) is 6.17 Å². The summed E-state index contributed by atoms with van der Waals surface area (Å²) in [6.45, 7) is 2.25. The van der Waals surface area contributed by atoms with Gasteiger partial charge in [0, 0.05) is 6.16 Å². The second-order valence-corrected chi connectivity index (χ2v) is 9.64. The molecular weight excluding hydrogens is 350 g/mol. The van der Waals surface area contributed by atoms with Crippen LogP contribution >= 0.6 is 7.60 Å². The summed E-state index contributed by atoms with van der Waals surface area (Å²) in [6.07, 6.45) is 19.2. The van der Waals surface area contributed by atoms with Gasteiger partial charge in [0.15, 0.2) is 0 Å². The van der Waals surface area contributed by atoms with Gasteiger partial charge in [-0.3, -0.25) is 4.57 Å². The SMILES string of the molecule is CCCCCCCCCCCCCC(F)CCCCCCCP(=O)(O)O. The van der Waals surface area contributed by atoms with Gasteiger partial charge in [-0.1, -0.05) is 103 Å². The molecule has 0 fully saturated rings. The Bertz CT molecular complexity index is 333. The highest BCUT2D eigenvalue weighted by molar-refractivity contribution is 7.51. The van der Waals surface area contributed by atoms with Crippen LogP contribution in [0.2, 0.25) is 0 Å². The van der Waals surface area contributed by atoms with Gasteiger partial charge in [0.05, 0.1) is 0 Å². The van der Waals surface area contributed by atoms with Crippen molar-refractivity contribution in [2.75, 3.05) is 6.16 Å². The molecule has 0 saturated carbocycles. The molecule has 0 aromatic rings. The molecule has 0 aromatic carbocycles. The lowest BCUT2D eigenvalue weighted by molar-refractivity contribution is 0.279. The van der Waals surface area contributed by atoms with Crippen molar-refractivity contribution in [3.05, 3.63) is 0 Å². The summed E-state index contributed by atoms with van der Waals surface area (Å²) in [6, 6.07) is 0. The van der Waals surface area contributed by atoms with E-state index < -0.39 is 13.8 Å². The zero-order valence-corrected chi connectivity index (χ0v) is 18.0. The van der Waals surface area contributed by atoms with Gasteiger partial charge in [-0.05, 0) is 19.3 Å². The molecule has 0 radical (unpaired) electrons. The average Bonchev–Trinajstić information content (AvgIpc) is 2.58. The molecule has 158 valence electrons. The van der Waals surface area contributed by atoms with Crippen molar-refractivity contribution in [3.8, 4) is 0 Å². The zero-order valence-electron chi connectivity index (χ0n) is 17.1. The monoisotopic (exact) mass is 394 g/mol. The van der Waals surface area contributed by atoms with Crippen molar-refractivity contribution in [3.63, 3.8) is 0 Å². The quantitative estimate of drug-likeness (QED) is 0.166. The molecule has 5 heteroatoms. The van der Waals surface area contributed by atoms with E-state index in [1.807, 2.05) is 0 Å². The van der Waals surface area contributed by atoms with E-state index in [2.05, 4.69) is 6.92 Å². The summed E-state index contributed by atoms with van der Waals surface area (Å²) in [5, 5.41) is 0. The van der Waals surface area contributed by atoms with Gasteiger partial charge in [0.25, 0.3) is 0 Å². The third kappa shape index (κ3) is 22.1. The van der Waals surface area contributed by atoms with Crippen LogP contribution in [0.1, 0.15) is 122 Å². The van der Waals surface area contributed by atoms with Crippen molar-refractivity contribution in [2.24, 2.45) is 0 Å². The first-order chi connectivity index (χ1) is 12.5. The lowest BCUT2D eigenvalue weighted by Crippen LogP contribution is -2.00. The fraction of sp³-hybridized carbons (Fsp3) is 1.00. The molecule has 1 unspecified atom stereocenters. The lowest BCUT2D eigenvalue weighted by atomic mass is 10.0. The summed E-state index contributed by atoms with van der Waals surface area (Å²) >= 11 is 0.